The van der Waals surface area contributed by atoms with E-state index >= 15 is 0 Å². The van der Waals surface area contributed by atoms with Gasteiger partial charge in [0.25, 0.3) is 0 Å². The molecular weight excluding hydrogens is 280 g/mol. The van der Waals surface area contributed by atoms with Gasteiger partial charge in [0.2, 0.25) is 0 Å². The van der Waals surface area contributed by atoms with Crippen LogP contribution in [0.4, 0.5) is 0 Å². The summed E-state index contributed by atoms with van der Waals surface area (Å²) < 4.78 is 11.9. The molecule has 0 aromatic carbocycles. The third kappa shape index (κ3) is 3.24. The van der Waals surface area contributed by atoms with E-state index < -0.39 is 0 Å². The smallest absolute Gasteiger partial charge is 0.0962 e. The highest BCUT2D eigenvalue weighted by Gasteiger charge is 2.42. The number of ether oxygens (including phenoxy) is 2. The molecule has 0 bridgehead atoms. The van der Waals surface area contributed by atoms with Crippen LogP contribution in [-0.2, 0) is 9.47 Å². The van der Waals surface area contributed by atoms with Crippen LogP contribution < -0.4 is 0 Å². The molecule has 2 saturated carbocycles. The highest BCUT2D eigenvalue weighted by Crippen LogP contribution is 2.37. The van der Waals surface area contributed by atoms with E-state index in [1.807, 2.05) is 0 Å². The molecular formula is C14H25BrO2. The molecule has 0 spiro atoms. The van der Waals surface area contributed by atoms with Crippen LogP contribution in [0.2, 0.25) is 0 Å². The van der Waals surface area contributed by atoms with E-state index in [1.54, 1.807) is 0 Å². The van der Waals surface area contributed by atoms with Crippen LogP contribution in [0.25, 0.3) is 0 Å². The molecule has 0 N–H and O–H groups in total. The number of hydrogen-bond donors (Lipinski definition) is 0. The zero-order chi connectivity index (χ0) is 12.4. The zero-order valence-electron chi connectivity index (χ0n) is 11.2. The van der Waals surface area contributed by atoms with E-state index in [4.69, 9.17) is 9.47 Å². The quantitative estimate of drug-likeness (QED) is 0.736. The SMILES string of the molecule is CCOC1C(Br)CC1OC1CCC(C)C(C)C1. The van der Waals surface area contributed by atoms with E-state index in [-0.39, 0.29) is 6.10 Å². The summed E-state index contributed by atoms with van der Waals surface area (Å²) in [6.45, 7) is 7.56. The predicted octanol–water partition coefficient (Wildman–Crippen LogP) is 3.77. The normalized spacial score (nSPS) is 46.6. The van der Waals surface area contributed by atoms with Crippen molar-refractivity contribution in [2.24, 2.45) is 11.8 Å². The summed E-state index contributed by atoms with van der Waals surface area (Å²) in [6, 6.07) is 0. The Kier molecular flexibility index (Phi) is 4.90. The summed E-state index contributed by atoms with van der Waals surface area (Å²) in [5.41, 5.74) is 0. The first-order valence-corrected chi connectivity index (χ1v) is 7.94. The largest absolute Gasteiger partial charge is 0.375 e. The lowest BCUT2D eigenvalue weighted by molar-refractivity contribution is -0.154. The molecule has 0 radical (unpaired) electrons. The highest BCUT2D eigenvalue weighted by atomic mass is 79.9. The Morgan fingerprint density at radius 1 is 1.12 bits per heavy atom. The summed E-state index contributed by atoms with van der Waals surface area (Å²) >= 11 is 3.65. The number of rotatable bonds is 4. The minimum Gasteiger partial charge on any atom is -0.375 e. The third-order valence-electron chi connectivity index (χ3n) is 4.46. The lowest BCUT2D eigenvalue weighted by Gasteiger charge is -2.44. The Balaban J connectivity index is 1.78. The summed E-state index contributed by atoms with van der Waals surface area (Å²) in [5.74, 6) is 1.67. The topological polar surface area (TPSA) is 18.5 Å². The van der Waals surface area contributed by atoms with Gasteiger partial charge in [0.05, 0.1) is 18.3 Å². The highest BCUT2D eigenvalue weighted by molar-refractivity contribution is 9.09. The first kappa shape index (κ1) is 13.8. The molecule has 6 atom stereocenters. The zero-order valence-corrected chi connectivity index (χ0v) is 12.8. The second-order valence-corrected chi connectivity index (χ2v) is 6.91. The van der Waals surface area contributed by atoms with Gasteiger partial charge in [0.15, 0.2) is 0 Å². The molecule has 3 heteroatoms. The fourth-order valence-corrected chi connectivity index (χ4v) is 3.79. The Labute approximate surface area is 114 Å². The Bertz CT molecular complexity index is 246. The van der Waals surface area contributed by atoms with Gasteiger partial charge in [-0.15, -0.1) is 0 Å². The second kappa shape index (κ2) is 6.03. The van der Waals surface area contributed by atoms with Gasteiger partial charge in [0.1, 0.15) is 0 Å². The number of hydrogen-bond acceptors (Lipinski definition) is 2. The van der Waals surface area contributed by atoms with Crippen LogP contribution in [-0.4, -0.2) is 29.7 Å². The number of halogens is 1. The molecule has 0 aromatic rings. The van der Waals surface area contributed by atoms with Crippen molar-refractivity contribution >= 4 is 15.9 Å². The second-order valence-electron chi connectivity index (χ2n) is 5.74. The summed E-state index contributed by atoms with van der Waals surface area (Å²) in [7, 11) is 0. The maximum absolute atomic E-state index is 6.23. The lowest BCUT2D eigenvalue weighted by Crippen LogP contribution is -2.52. The average molecular weight is 305 g/mol. The summed E-state index contributed by atoms with van der Waals surface area (Å²) in [6.07, 6.45) is 5.94. The van der Waals surface area contributed by atoms with Crippen molar-refractivity contribution in [3.63, 3.8) is 0 Å². The van der Waals surface area contributed by atoms with Crippen LogP contribution in [0, 0.1) is 11.8 Å². The van der Waals surface area contributed by atoms with Crippen molar-refractivity contribution in [2.45, 2.75) is 69.6 Å². The van der Waals surface area contributed by atoms with Gasteiger partial charge in [-0.1, -0.05) is 29.8 Å². The molecule has 2 nitrogen and oxygen atoms in total. The minimum absolute atomic E-state index is 0.273. The van der Waals surface area contributed by atoms with E-state index in [1.165, 1.54) is 19.3 Å². The fraction of sp³-hybridized carbons (Fsp3) is 1.00. The molecule has 2 aliphatic rings. The van der Waals surface area contributed by atoms with Crippen molar-refractivity contribution < 1.29 is 9.47 Å². The van der Waals surface area contributed by atoms with Gasteiger partial charge >= 0.3 is 0 Å². The Morgan fingerprint density at radius 2 is 1.88 bits per heavy atom. The van der Waals surface area contributed by atoms with Gasteiger partial charge in [-0.3, -0.25) is 0 Å². The Hall–Kier alpha value is 0.400. The minimum atomic E-state index is 0.273. The molecule has 17 heavy (non-hydrogen) atoms. The molecule has 2 fully saturated rings. The van der Waals surface area contributed by atoms with Crippen LogP contribution >= 0.6 is 15.9 Å². The van der Waals surface area contributed by atoms with Crippen molar-refractivity contribution in [1.82, 2.24) is 0 Å². The van der Waals surface area contributed by atoms with Crippen LogP contribution in [0.3, 0.4) is 0 Å². The van der Waals surface area contributed by atoms with Gasteiger partial charge in [-0.2, -0.15) is 0 Å². The first-order chi connectivity index (χ1) is 8.11. The maximum atomic E-state index is 6.23. The van der Waals surface area contributed by atoms with Gasteiger partial charge in [-0.25, -0.2) is 0 Å². The molecule has 0 aromatic heterocycles. The Morgan fingerprint density at radius 3 is 2.47 bits per heavy atom. The molecule has 2 aliphatic carbocycles. The molecule has 100 valence electrons. The average Bonchev–Trinajstić information content (AvgIpc) is 2.30. The molecule has 0 aliphatic heterocycles. The fourth-order valence-electron chi connectivity index (χ4n) is 2.93. The molecule has 0 heterocycles. The maximum Gasteiger partial charge on any atom is 0.0962 e. The monoisotopic (exact) mass is 304 g/mol. The lowest BCUT2D eigenvalue weighted by atomic mass is 9.80. The molecule has 2 rings (SSSR count). The van der Waals surface area contributed by atoms with Gasteiger partial charge < -0.3 is 9.47 Å². The van der Waals surface area contributed by atoms with Crippen molar-refractivity contribution in [3.05, 3.63) is 0 Å². The van der Waals surface area contributed by atoms with Crippen LogP contribution in [0.1, 0.15) is 46.5 Å². The van der Waals surface area contributed by atoms with Gasteiger partial charge in [-0.05, 0) is 44.4 Å². The standard InChI is InChI=1S/C14H25BrO2/c1-4-16-14-12(15)8-13(14)17-11-6-5-9(2)10(3)7-11/h9-14H,4-8H2,1-3H3. The summed E-state index contributed by atoms with van der Waals surface area (Å²) in [5, 5.41) is 0. The van der Waals surface area contributed by atoms with Gasteiger partial charge in [0, 0.05) is 11.4 Å². The summed E-state index contributed by atoms with van der Waals surface area (Å²) in [4.78, 5) is 0.493. The predicted molar refractivity (Wildman–Crippen MR) is 73.6 cm³/mol. The van der Waals surface area contributed by atoms with E-state index in [0.717, 1.165) is 24.9 Å². The van der Waals surface area contributed by atoms with E-state index in [9.17, 15) is 0 Å². The molecule has 0 amide bonds. The van der Waals surface area contributed by atoms with Crippen LogP contribution in [0.5, 0.6) is 0 Å². The van der Waals surface area contributed by atoms with E-state index in [2.05, 4.69) is 36.7 Å². The third-order valence-corrected chi connectivity index (χ3v) is 5.35. The molecule has 6 unspecified atom stereocenters. The van der Waals surface area contributed by atoms with E-state index in [0.29, 0.717) is 17.0 Å². The number of alkyl halides is 1. The van der Waals surface area contributed by atoms with Crippen molar-refractivity contribution in [1.29, 1.82) is 0 Å². The van der Waals surface area contributed by atoms with Crippen LogP contribution in [0.15, 0.2) is 0 Å². The first-order valence-electron chi connectivity index (χ1n) is 7.03. The van der Waals surface area contributed by atoms with Crippen molar-refractivity contribution in [3.8, 4) is 0 Å². The van der Waals surface area contributed by atoms with Crippen molar-refractivity contribution in [2.75, 3.05) is 6.61 Å². The molecule has 0 saturated heterocycles.